The van der Waals surface area contributed by atoms with Gasteiger partial charge in [0, 0.05) is 17.4 Å². The zero-order valence-corrected chi connectivity index (χ0v) is 10.3. The first-order chi connectivity index (χ1) is 8.31. The van der Waals surface area contributed by atoms with E-state index in [9.17, 15) is 0 Å². The summed E-state index contributed by atoms with van der Waals surface area (Å²) in [4.78, 5) is 4.03. The molecule has 2 N–H and O–H groups in total. The Kier molecular flexibility index (Phi) is 4.06. The van der Waals surface area contributed by atoms with E-state index in [4.69, 9.17) is 14.9 Å². The van der Waals surface area contributed by atoms with Crippen LogP contribution in [0.15, 0.2) is 46.4 Å². The van der Waals surface area contributed by atoms with Crippen LogP contribution < -0.4 is 10.5 Å². The Morgan fingerprint density at radius 2 is 2.29 bits per heavy atom. The molecule has 1 atom stereocenters. The van der Waals surface area contributed by atoms with Crippen molar-refractivity contribution in [2.24, 2.45) is 5.73 Å². The summed E-state index contributed by atoms with van der Waals surface area (Å²) in [6, 6.07) is 7.65. The third-order valence-corrected chi connectivity index (χ3v) is 3.31. The Hall–Kier alpha value is -1.46. The van der Waals surface area contributed by atoms with E-state index in [2.05, 4.69) is 4.98 Å². The molecule has 0 radical (unpaired) electrons. The topological polar surface area (TPSA) is 61.3 Å². The van der Waals surface area contributed by atoms with E-state index >= 15 is 0 Å². The lowest BCUT2D eigenvalue weighted by molar-refractivity contribution is 0.407. The zero-order valence-electron chi connectivity index (χ0n) is 9.50. The van der Waals surface area contributed by atoms with Gasteiger partial charge in [-0.05, 0) is 6.07 Å². The van der Waals surface area contributed by atoms with Gasteiger partial charge < -0.3 is 14.9 Å². The lowest BCUT2D eigenvalue weighted by Gasteiger charge is -2.14. The number of benzene rings is 1. The molecule has 2 rings (SSSR count). The number of nitrogens with zero attached hydrogens (tertiary/aromatic N) is 1. The van der Waals surface area contributed by atoms with Gasteiger partial charge in [0.2, 0.25) is 0 Å². The van der Waals surface area contributed by atoms with Crippen LogP contribution in [0.3, 0.4) is 0 Å². The first-order valence-electron chi connectivity index (χ1n) is 5.22. The number of nitrogens with two attached hydrogens (primary N) is 1. The SMILES string of the molecule is COc1ccccc1C(N)CSc1ncco1. The molecule has 2 aromatic rings. The van der Waals surface area contributed by atoms with E-state index in [0.29, 0.717) is 11.0 Å². The van der Waals surface area contributed by atoms with Crippen LogP contribution in [0, 0.1) is 0 Å². The molecule has 0 bridgehead atoms. The molecule has 1 aromatic carbocycles. The standard InChI is InChI=1S/C12H14N2O2S/c1-15-11-5-3-2-4-9(11)10(13)8-17-12-14-6-7-16-12/h2-7,10H,8,13H2,1H3. The summed E-state index contributed by atoms with van der Waals surface area (Å²) in [6.07, 6.45) is 3.17. The minimum absolute atomic E-state index is 0.108. The van der Waals surface area contributed by atoms with Gasteiger partial charge in [0.05, 0.1) is 13.3 Å². The van der Waals surface area contributed by atoms with Gasteiger partial charge >= 0.3 is 0 Å². The molecule has 0 saturated heterocycles. The van der Waals surface area contributed by atoms with Gasteiger partial charge in [-0.1, -0.05) is 30.0 Å². The molecule has 0 aliphatic carbocycles. The Labute approximate surface area is 104 Å². The normalized spacial score (nSPS) is 12.4. The molecular formula is C12H14N2O2S. The maximum atomic E-state index is 6.12. The molecule has 90 valence electrons. The Bertz CT molecular complexity index is 459. The quantitative estimate of drug-likeness (QED) is 0.826. The summed E-state index contributed by atoms with van der Waals surface area (Å²) in [5.41, 5.74) is 7.11. The second-order valence-electron chi connectivity index (χ2n) is 3.46. The summed E-state index contributed by atoms with van der Waals surface area (Å²) >= 11 is 1.49. The highest BCUT2D eigenvalue weighted by atomic mass is 32.2. The first kappa shape index (κ1) is 12.0. The van der Waals surface area contributed by atoms with E-state index in [1.807, 2.05) is 24.3 Å². The number of ether oxygens (including phenoxy) is 1. The molecular weight excluding hydrogens is 236 g/mol. The van der Waals surface area contributed by atoms with Crippen LogP contribution in [-0.4, -0.2) is 17.8 Å². The number of hydrogen-bond donors (Lipinski definition) is 1. The van der Waals surface area contributed by atoms with E-state index in [1.54, 1.807) is 19.6 Å². The lowest BCUT2D eigenvalue weighted by atomic mass is 10.1. The van der Waals surface area contributed by atoms with Crippen molar-refractivity contribution in [1.29, 1.82) is 0 Å². The number of para-hydroxylation sites is 1. The number of aromatic nitrogens is 1. The summed E-state index contributed by atoms with van der Waals surface area (Å²) in [5, 5.41) is 0.635. The first-order valence-corrected chi connectivity index (χ1v) is 6.20. The molecule has 1 heterocycles. The van der Waals surface area contributed by atoms with Crippen molar-refractivity contribution in [3.05, 3.63) is 42.3 Å². The van der Waals surface area contributed by atoms with Crippen molar-refractivity contribution in [2.75, 3.05) is 12.9 Å². The van der Waals surface area contributed by atoms with Gasteiger partial charge in [-0.25, -0.2) is 4.98 Å². The van der Waals surface area contributed by atoms with Crippen LogP contribution in [0.4, 0.5) is 0 Å². The fourth-order valence-electron chi connectivity index (χ4n) is 1.51. The number of hydrogen-bond acceptors (Lipinski definition) is 5. The van der Waals surface area contributed by atoms with Crippen LogP contribution in [0.1, 0.15) is 11.6 Å². The molecule has 0 aliphatic heterocycles. The average Bonchev–Trinajstić information content (AvgIpc) is 2.89. The van der Waals surface area contributed by atoms with Gasteiger partial charge in [0.15, 0.2) is 0 Å². The molecule has 0 spiro atoms. The summed E-state index contributed by atoms with van der Waals surface area (Å²) in [7, 11) is 1.65. The summed E-state index contributed by atoms with van der Waals surface area (Å²) in [6.45, 7) is 0. The largest absolute Gasteiger partial charge is 0.496 e. The Balaban J connectivity index is 2.01. The predicted molar refractivity (Wildman–Crippen MR) is 67.1 cm³/mol. The summed E-state index contributed by atoms with van der Waals surface area (Å²) < 4.78 is 10.4. The second kappa shape index (κ2) is 5.75. The van der Waals surface area contributed by atoms with Crippen molar-refractivity contribution < 1.29 is 9.15 Å². The third kappa shape index (κ3) is 3.01. The molecule has 1 aromatic heterocycles. The van der Waals surface area contributed by atoms with Crippen molar-refractivity contribution in [3.63, 3.8) is 0 Å². The van der Waals surface area contributed by atoms with Crippen LogP contribution >= 0.6 is 11.8 Å². The van der Waals surface area contributed by atoms with Crippen molar-refractivity contribution >= 4 is 11.8 Å². The van der Waals surface area contributed by atoms with Gasteiger partial charge in [-0.3, -0.25) is 0 Å². The number of oxazole rings is 1. The Morgan fingerprint density at radius 1 is 1.47 bits per heavy atom. The third-order valence-electron chi connectivity index (χ3n) is 2.33. The van der Waals surface area contributed by atoms with E-state index < -0.39 is 0 Å². The highest BCUT2D eigenvalue weighted by molar-refractivity contribution is 7.99. The maximum absolute atomic E-state index is 6.12. The number of thioether (sulfide) groups is 1. The molecule has 0 fully saturated rings. The van der Waals surface area contributed by atoms with Gasteiger partial charge in [-0.15, -0.1) is 0 Å². The van der Waals surface area contributed by atoms with Crippen molar-refractivity contribution in [1.82, 2.24) is 4.98 Å². The molecule has 4 nitrogen and oxygen atoms in total. The van der Waals surface area contributed by atoms with E-state index in [0.717, 1.165) is 11.3 Å². The van der Waals surface area contributed by atoms with Crippen LogP contribution in [-0.2, 0) is 0 Å². The zero-order chi connectivity index (χ0) is 12.1. The van der Waals surface area contributed by atoms with Gasteiger partial charge in [0.25, 0.3) is 5.22 Å². The molecule has 5 heteroatoms. The van der Waals surface area contributed by atoms with Crippen molar-refractivity contribution in [3.8, 4) is 5.75 Å². The predicted octanol–water partition coefficient (Wildman–Crippen LogP) is 2.48. The molecule has 1 unspecified atom stereocenters. The molecule has 0 amide bonds. The second-order valence-corrected chi connectivity index (χ2v) is 4.43. The molecule has 0 saturated carbocycles. The monoisotopic (exact) mass is 250 g/mol. The van der Waals surface area contributed by atoms with E-state index in [-0.39, 0.29) is 6.04 Å². The lowest BCUT2D eigenvalue weighted by Crippen LogP contribution is -2.14. The highest BCUT2D eigenvalue weighted by Crippen LogP contribution is 2.27. The Morgan fingerprint density at radius 3 is 3.00 bits per heavy atom. The minimum atomic E-state index is -0.108. The fourth-order valence-corrected chi connectivity index (χ4v) is 2.27. The maximum Gasteiger partial charge on any atom is 0.255 e. The fraction of sp³-hybridized carbons (Fsp3) is 0.250. The van der Waals surface area contributed by atoms with Crippen LogP contribution in [0.2, 0.25) is 0 Å². The van der Waals surface area contributed by atoms with Crippen molar-refractivity contribution in [2.45, 2.75) is 11.3 Å². The smallest absolute Gasteiger partial charge is 0.255 e. The van der Waals surface area contributed by atoms with Gasteiger partial charge in [-0.2, -0.15) is 0 Å². The highest BCUT2D eigenvalue weighted by Gasteiger charge is 2.12. The summed E-state index contributed by atoms with van der Waals surface area (Å²) in [5.74, 6) is 1.51. The minimum Gasteiger partial charge on any atom is -0.496 e. The van der Waals surface area contributed by atoms with Crippen LogP contribution in [0.5, 0.6) is 5.75 Å². The number of methoxy groups -OCH3 is 1. The number of rotatable bonds is 5. The average molecular weight is 250 g/mol. The van der Waals surface area contributed by atoms with Crippen LogP contribution in [0.25, 0.3) is 0 Å². The van der Waals surface area contributed by atoms with Gasteiger partial charge in [0.1, 0.15) is 12.0 Å². The molecule has 17 heavy (non-hydrogen) atoms. The van der Waals surface area contributed by atoms with E-state index in [1.165, 1.54) is 11.8 Å². The molecule has 0 aliphatic rings.